The Morgan fingerprint density at radius 2 is 2.29 bits per heavy atom. The molecule has 4 heteroatoms. The molecule has 0 amide bonds. The third kappa shape index (κ3) is 7.38. The van der Waals surface area contributed by atoms with E-state index in [0.717, 1.165) is 0 Å². The summed E-state index contributed by atoms with van der Waals surface area (Å²) in [7, 11) is 0. The topological polar surface area (TPSA) is 21.3 Å². The summed E-state index contributed by atoms with van der Waals surface area (Å²) in [5.41, 5.74) is 2.84. The van der Waals surface area contributed by atoms with Gasteiger partial charge in [-0.15, -0.1) is 0 Å². The van der Waals surface area contributed by atoms with Gasteiger partial charge in [0.25, 0.3) is 0 Å². The predicted octanol–water partition coefficient (Wildman–Crippen LogP) is -1.73. The van der Waals surface area contributed by atoms with Crippen LogP contribution < -0.4 is 23.1 Å². The van der Waals surface area contributed by atoms with E-state index in [-0.39, 0.29) is 17.6 Å². The van der Waals surface area contributed by atoms with E-state index in [9.17, 15) is 0 Å². The molecule has 0 atom stereocenters. The van der Waals surface area contributed by atoms with Gasteiger partial charge in [0.05, 0.1) is 0 Å². The molecule has 0 spiro atoms. The zero-order chi connectivity index (χ0) is 5.70. The van der Waals surface area contributed by atoms with Crippen LogP contribution in [0.25, 0.3) is 0 Å². The summed E-state index contributed by atoms with van der Waals surface area (Å²) < 4.78 is 4.94. The van der Waals surface area contributed by atoms with Crippen LogP contribution in [-0.2, 0) is 3.17 Å². The first kappa shape index (κ1) is 8.38. The van der Waals surface area contributed by atoms with E-state index >= 15 is 0 Å². The van der Waals surface area contributed by atoms with Crippen LogP contribution in [0.1, 0.15) is 13.8 Å². The fourth-order valence-electron chi connectivity index (χ4n) is 0.106. The van der Waals surface area contributed by atoms with Gasteiger partial charge in [0, 0.05) is 0 Å². The van der Waals surface area contributed by atoms with E-state index in [2.05, 4.69) is 37.9 Å². The third-order valence-corrected chi connectivity index (χ3v) is 1.85. The van der Waals surface area contributed by atoms with Gasteiger partial charge in [0.1, 0.15) is 0 Å². The summed E-state index contributed by atoms with van der Waals surface area (Å²) in [5, 5.41) is 0. The van der Waals surface area contributed by atoms with Crippen molar-refractivity contribution in [2.24, 2.45) is 0 Å². The average Bonchev–Trinajstić information content (AvgIpc) is 1.61. The quantitative estimate of drug-likeness (QED) is 0.491. The van der Waals surface area contributed by atoms with Crippen molar-refractivity contribution in [3.05, 3.63) is 0 Å². The van der Waals surface area contributed by atoms with Crippen molar-refractivity contribution in [3.63, 3.8) is 0 Å². The molecule has 0 unspecified atom stereocenters. The Morgan fingerprint density at radius 3 is 2.43 bits per heavy atom. The van der Waals surface area contributed by atoms with Crippen molar-refractivity contribution in [2.45, 2.75) is 19.9 Å². The van der Waals surface area contributed by atoms with Crippen molar-refractivity contribution < 1.29 is 20.8 Å². The molecule has 0 heterocycles. The molecule has 7 heavy (non-hydrogen) atoms. The molecule has 46 valence electrons. The van der Waals surface area contributed by atoms with Crippen molar-refractivity contribution in [1.82, 2.24) is 5.48 Å². The van der Waals surface area contributed by atoms with E-state index in [1.54, 1.807) is 0 Å². The molecule has 0 aliphatic rings. The van der Waals surface area contributed by atoms with Crippen LogP contribution in [-0.4, -0.2) is 6.04 Å². The van der Waals surface area contributed by atoms with Gasteiger partial charge in [0.15, 0.2) is 0 Å². The molecular formula is C3H8I2NO-. The van der Waals surface area contributed by atoms with Gasteiger partial charge in [-0.1, -0.05) is 0 Å². The zero-order valence-electron chi connectivity index (χ0n) is 4.24. The molecule has 1 N–H and O–H groups in total. The van der Waals surface area contributed by atoms with Gasteiger partial charge < -0.3 is 0 Å². The number of rotatable bonds is 3. The Kier molecular flexibility index (Phi) is 6.60. The van der Waals surface area contributed by atoms with Crippen LogP contribution in [0.3, 0.4) is 0 Å². The van der Waals surface area contributed by atoms with E-state index in [4.69, 9.17) is 3.17 Å². The van der Waals surface area contributed by atoms with Crippen molar-refractivity contribution in [2.75, 3.05) is 0 Å². The SMILES string of the molecule is CC(C)NO[I-]I. The molecule has 0 fully saturated rings. The second-order valence-corrected chi connectivity index (χ2v) is 4.41. The van der Waals surface area contributed by atoms with Crippen molar-refractivity contribution in [1.29, 1.82) is 0 Å². The van der Waals surface area contributed by atoms with E-state index in [1.165, 1.54) is 0 Å². The van der Waals surface area contributed by atoms with Crippen LogP contribution in [0.15, 0.2) is 0 Å². The standard InChI is InChI=1S/C3H8I2NO/c1-3(2)6-7-5-4/h3,6H,1-2H3/q-1. The first-order valence-corrected chi connectivity index (χ1v) is 9.11. The van der Waals surface area contributed by atoms with Gasteiger partial charge in [-0.3, -0.25) is 0 Å². The maximum atomic E-state index is 4.94. The number of nitrogens with one attached hydrogen (secondary N) is 1. The summed E-state index contributed by atoms with van der Waals surface area (Å²) in [5.74, 6) is 0. The first-order valence-electron chi connectivity index (χ1n) is 1.94. The minimum atomic E-state index is -0.0673. The second-order valence-electron chi connectivity index (χ2n) is 1.41. The molecule has 0 radical (unpaired) electrons. The molecular weight excluding hydrogens is 320 g/mol. The Morgan fingerprint density at radius 1 is 1.71 bits per heavy atom. The van der Waals surface area contributed by atoms with Gasteiger partial charge >= 0.3 is 64.8 Å². The van der Waals surface area contributed by atoms with Crippen LogP contribution in [0.2, 0.25) is 0 Å². The number of halogens is 2. The Hall–Kier alpha value is 1.38. The summed E-state index contributed by atoms with van der Waals surface area (Å²) in [6.45, 7) is 4.10. The summed E-state index contributed by atoms with van der Waals surface area (Å²) in [6.07, 6.45) is 0. The number of hydroxylamine groups is 1. The molecule has 0 saturated heterocycles. The maximum absolute atomic E-state index is 4.94. The summed E-state index contributed by atoms with van der Waals surface area (Å²) in [4.78, 5) is 0. The molecule has 0 aromatic rings. The van der Waals surface area contributed by atoms with Gasteiger partial charge in [-0.2, -0.15) is 0 Å². The fraction of sp³-hybridized carbons (Fsp3) is 1.00. The van der Waals surface area contributed by atoms with E-state index in [0.29, 0.717) is 6.04 Å². The summed E-state index contributed by atoms with van der Waals surface area (Å²) in [6, 6.07) is 0.453. The minimum absolute atomic E-state index is 0.0673. The average molecular weight is 328 g/mol. The molecule has 0 saturated carbocycles. The Balaban J connectivity index is 2.68. The first-order chi connectivity index (χ1) is 3.27. The van der Waals surface area contributed by atoms with Gasteiger partial charge in [0.2, 0.25) is 0 Å². The monoisotopic (exact) mass is 328 g/mol. The summed E-state index contributed by atoms with van der Waals surface area (Å²) >= 11 is 2.18. The van der Waals surface area contributed by atoms with Crippen LogP contribution in [0.5, 0.6) is 0 Å². The molecule has 0 aliphatic heterocycles. The van der Waals surface area contributed by atoms with Gasteiger partial charge in [-0.25, -0.2) is 0 Å². The van der Waals surface area contributed by atoms with E-state index < -0.39 is 0 Å². The molecule has 0 aromatic heterocycles. The molecule has 0 aromatic carbocycles. The predicted molar refractivity (Wildman–Crippen MR) is 33.4 cm³/mol. The normalized spacial score (nSPS) is 10.9. The fourth-order valence-corrected chi connectivity index (χ4v) is 1.36. The Labute approximate surface area is 64.3 Å². The molecule has 0 bridgehead atoms. The van der Waals surface area contributed by atoms with Crippen molar-refractivity contribution >= 4 is 18.6 Å². The second kappa shape index (κ2) is 5.52. The van der Waals surface area contributed by atoms with E-state index in [1.807, 2.05) is 0 Å². The van der Waals surface area contributed by atoms with Gasteiger partial charge in [-0.05, 0) is 0 Å². The zero-order valence-corrected chi connectivity index (χ0v) is 8.56. The number of hydrogen-bond donors (Lipinski definition) is 1. The van der Waals surface area contributed by atoms with Crippen LogP contribution in [0.4, 0.5) is 0 Å². The van der Waals surface area contributed by atoms with Crippen LogP contribution in [0, 0.1) is 0 Å². The van der Waals surface area contributed by atoms with Crippen molar-refractivity contribution in [3.8, 4) is 0 Å². The molecule has 0 rings (SSSR count). The van der Waals surface area contributed by atoms with Crippen LogP contribution >= 0.6 is 18.6 Å². The molecule has 0 aliphatic carbocycles. The number of hydrogen-bond acceptors (Lipinski definition) is 2. The molecule has 2 nitrogen and oxygen atoms in total. The Bertz CT molecular complexity index is 41.9. The third-order valence-electron chi connectivity index (χ3n) is 0.309.